The van der Waals surface area contributed by atoms with Crippen molar-refractivity contribution in [2.75, 3.05) is 13.7 Å². The minimum atomic E-state index is -0.610. The molecule has 0 aromatic heterocycles. The molecule has 2 aromatic carbocycles. The van der Waals surface area contributed by atoms with E-state index in [0.717, 1.165) is 5.56 Å². The van der Waals surface area contributed by atoms with E-state index in [9.17, 15) is 14.0 Å². The summed E-state index contributed by atoms with van der Waals surface area (Å²) in [4.78, 5) is 23.4. The number of hydrogen-bond acceptors (Lipinski definition) is 4. The molecule has 3 rings (SSSR count). The molecule has 1 atom stereocenters. The number of carbonyl (C=O) groups excluding carboxylic acids is 2. The number of primary amides is 1. The second-order valence-electron chi connectivity index (χ2n) is 5.99. The fourth-order valence-corrected chi connectivity index (χ4v) is 3.08. The summed E-state index contributed by atoms with van der Waals surface area (Å²) in [6.07, 6.45) is 1.25. The van der Waals surface area contributed by atoms with Crippen LogP contribution >= 0.6 is 0 Å². The highest BCUT2D eigenvalue weighted by molar-refractivity contribution is 5.95. The van der Waals surface area contributed by atoms with Crippen LogP contribution in [-0.2, 0) is 11.2 Å². The maximum atomic E-state index is 13.8. The number of rotatable bonds is 6. The van der Waals surface area contributed by atoms with Gasteiger partial charge in [0.05, 0.1) is 13.2 Å². The summed E-state index contributed by atoms with van der Waals surface area (Å²) in [7, 11) is 1.43. The average Bonchev–Trinajstić information content (AvgIpc) is 3.04. The smallest absolute Gasteiger partial charge is 0.255 e. The topological polar surface area (TPSA) is 90.7 Å². The van der Waals surface area contributed by atoms with Gasteiger partial charge in [0.25, 0.3) is 11.8 Å². The maximum absolute atomic E-state index is 13.8. The number of amides is 2. The van der Waals surface area contributed by atoms with Crippen LogP contribution in [-0.4, -0.2) is 25.5 Å². The van der Waals surface area contributed by atoms with E-state index in [1.54, 1.807) is 18.2 Å². The predicted molar refractivity (Wildman–Crippen MR) is 92.6 cm³/mol. The summed E-state index contributed by atoms with van der Waals surface area (Å²) < 4.78 is 24.3. The molecule has 0 heterocycles. The van der Waals surface area contributed by atoms with E-state index in [4.69, 9.17) is 15.2 Å². The van der Waals surface area contributed by atoms with Crippen molar-refractivity contribution < 1.29 is 23.5 Å². The standard InChI is InChI=1S/C19H19FN2O4/c1-25-17-9-11(5-8-16(17)26-10-18(21)23)19(24)22-15-7-6-12-13(15)3-2-4-14(12)20/h2-5,8-9,15H,6-7,10H2,1H3,(H2,21,23)(H,22,24). The summed E-state index contributed by atoms with van der Waals surface area (Å²) in [6, 6.07) is 9.30. The minimum absolute atomic E-state index is 0.231. The zero-order chi connectivity index (χ0) is 18.7. The lowest BCUT2D eigenvalue weighted by Gasteiger charge is -2.15. The Morgan fingerprint density at radius 1 is 1.27 bits per heavy atom. The molecule has 0 radical (unpaired) electrons. The highest BCUT2D eigenvalue weighted by Crippen LogP contribution is 2.33. The molecular formula is C19H19FN2O4. The van der Waals surface area contributed by atoms with Gasteiger partial charge in [0.2, 0.25) is 0 Å². The lowest BCUT2D eigenvalue weighted by atomic mass is 10.1. The Labute approximate surface area is 150 Å². The first-order valence-corrected chi connectivity index (χ1v) is 8.17. The normalized spacial score (nSPS) is 15.2. The van der Waals surface area contributed by atoms with Crippen molar-refractivity contribution in [1.29, 1.82) is 0 Å². The van der Waals surface area contributed by atoms with Crippen LogP contribution < -0.4 is 20.5 Å². The third kappa shape index (κ3) is 3.61. The third-order valence-corrected chi connectivity index (χ3v) is 4.31. The molecule has 136 valence electrons. The molecule has 26 heavy (non-hydrogen) atoms. The molecule has 0 fully saturated rings. The van der Waals surface area contributed by atoms with Crippen molar-refractivity contribution in [1.82, 2.24) is 5.32 Å². The predicted octanol–water partition coefficient (Wildman–Crippen LogP) is 2.12. The molecule has 0 saturated heterocycles. The monoisotopic (exact) mass is 358 g/mol. The van der Waals surface area contributed by atoms with Gasteiger partial charge >= 0.3 is 0 Å². The number of benzene rings is 2. The van der Waals surface area contributed by atoms with Crippen LogP contribution in [0.15, 0.2) is 36.4 Å². The van der Waals surface area contributed by atoms with Crippen molar-refractivity contribution in [3.8, 4) is 11.5 Å². The zero-order valence-corrected chi connectivity index (χ0v) is 14.3. The number of nitrogens with one attached hydrogen (secondary N) is 1. The number of carbonyl (C=O) groups is 2. The molecule has 3 N–H and O–H groups in total. The first-order chi connectivity index (χ1) is 12.5. The molecule has 2 aromatic rings. The molecule has 0 bridgehead atoms. The second-order valence-corrected chi connectivity index (χ2v) is 5.99. The van der Waals surface area contributed by atoms with Gasteiger partial charge in [-0.05, 0) is 48.2 Å². The van der Waals surface area contributed by atoms with E-state index < -0.39 is 5.91 Å². The van der Waals surface area contributed by atoms with E-state index in [0.29, 0.717) is 35.5 Å². The molecule has 7 heteroatoms. The van der Waals surface area contributed by atoms with Crippen LogP contribution in [0.3, 0.4) is 0 Å². The third-order valence-electron chi connectivity index (χ3n) is 4.31. The van der Waals surface area contributed by atoms with Crippen molar-refractivity contribution in [2.45, 2.75) is 18.9 Å². The zero-order valence-electron chi connectivity index (χ0n) is 14.3. The summed E-state index contributed by atoms with van der Waals surface area (Å²) in [5.41, 5.74) is 6.90. The van der Waals surface area contributed by atoms with Gasteiger partial charge in [-0.1, -0.05) is 12.1 Å². The van der Waals surface area contributed by atoms with Crippen LogP contribution in [0.2, 0.25) is 0 Å². The van der Waals surface area contributed by atoms with Gasteiger partial charge in [0, 0.05) is 5.56 Å². The number of ether oxygens (including phenoxy) is 2. The van der Waals surface area contributed by atoms with Crippen LogP contribution in [0, 0.1) is 5.82 Å². The van der Waals surface area contributed by atoms with Gasteiger partial charge < -0.3 is 20.5 Å². The summed E-state index contributed by atoms with van der Waals surface area (Å²) in [6.45, 7) is -0.285. The van der Waals surface area contributed by atoms with Gasteiger partial charge in [-0.15, -0.1) is 0 Å². The molecule has 0 spiro atoms. The molecule has 6 nitrogen and oxygen atoms in total. The lowest BCUT2D eigenvalue weighted by Crippen LogP contribution is -2.27. The Hall–Kier alpha value is -3.09. The van der Waals surface area contributed by atoms with Crippen LogP contribution in [0.1, 0.15) is 33.9 Å². The average molecular weight is 358 g/mol. The number of halogens is 1. The molecule has 1 unspecified atom stereocenters. The van der Waals surface area contributed by atoms with Crippen LogP contribution in [0.5, 0.6) is 11.5 Å². The summed E-state index contributed by atoms with van der Waals surface area (Å²) in [5, 5.41) is 2.92. The fraction of sp³-hybridized carbons (Fsp3) is 0.263. The van der Waals surface area contributed by atoms with Gasteiger partial charge in [0.15, 0.2) is 18.1 Å². The lowest BCUT2D eigenvalue weighted by molar-refractivity contribution is -0.119. The maximum Gasteiger partial charge on any atom is 0.255 e. The van der Waals surface area contributed by atoms with Gasteiger partial charge in [-0.3, -0.25) is 9.59 Å². The summed E-state index contributed by atoms with van der Waals surface area (Å²) >= 11 is 0. The largest absolute Gasteiger partial charge is 0.493 e. The van der Waals surface area contributed by atoms with Crippen molar-refractivity contribution in [3.63, 3.8) is 0 Å². The number of methoxy groups -OCH3 is 1. The molecule has 0 aliphatic heterocycles. The molecule has 1 aliphatic carbocycles. The van der Waals surface area contributed by atoms with Gasteiger partial charge in [0.1, 0.15) is 5.82 Å². The quantitative estimate of drug-likeness (QED) is 0.827. The fourth-order valence-electron chi connectivity index (χ4n) is 3.08. The van der Waals surface area contributed by atoms with E-state index >= 15 is 0 Å². The SMILES string of the molecule is COc1cc(C(=O)NC2CCc3c(F)cccc32)ccc1OCC(N)=O. The number of hydrogen-bond donors (Lipinski definition) is 2. The molecule has 2 amide bonds. The Morgan fingerprint density at radius 3 is 2.81 bits per heavy atom. The Bertz CT molecular complexity index is 853. The number of nitrogens with two attached hydrogens (primary N) is 1. The molecule has 1 aliphatic rings. The van der Waals surface area contributed by atoms with Crippen LogP contribution in [0.4, 0.5) is 4.39 Å². The Balaban J connectivity index is 1.75. The second kappa shape index (κ2) is 7.43. The van der Waals surface area contributed by atoms with E-state index in [-0.39, 0.29) is 24.4 Å². The van der Waals surface area contributed by atoms with Crippen molar-refractivity contribution in [2.24, 2.45) is 5.73 Å². The highest BCUT2D eigenvalue weighted by Gasteiger charge is 2.26. The first kappa shape index (κ1) is 17.7. The number of fused-ring (bicyclic) bond motifs is 1. The molecule has 0 saturated carbocycles. The van der Waals surface area contributed by atoms with Gasteiger partial charge in [-0.25, -0.2) is 4.39 Å². The minimum Gasteiger partial charge on any atom is -0.493 e. The molecular weight excluding hydrogens is 339 g/mol. The van der Waals surface area contributed by atoms with Crippen molar-refractivity contribution in [3.05, 3.63) is 58.9 Å². The van der Waals surface area contributed by atoms with E-state index in [1.165, 1.54) is 19.2 Å². The Morgan fingerprint density at radius 2 is 2.08 bits per heavy atom. The highest BCUT2D eigenvalue weighted by atomic mass is 19.1. The van der Waals surface area contributed by atoms with Crippen LogP contribution in [0.25, 0.3) is 0 Å². The summed E-state index contributed by atoms with van der Waals surface area (Å²) in [5.74, 6) is -0.516. The van der Waals surface area contributed by atoms with E-state index in [2.05, 4.69) is 5.32 Å². The van der Waals surface area contributed by atoms with Crippen molar-refractivity contribution >= 4 is 11.8 Å². The van der Waals surface area contributed by atoms with E-state index in [1.807, 2.05) is 6.07 Å². The van der Waals surface area contributed by atoms with Gasteiger partial charge in [-0.2, -0.15) is 0 Å². The Kier molecular flexibility index (Phi) is 5.06. The first-order valence-electron chi connectivity index (χ1n) is 8.17.